The fraction of sp³-hybridized carbons (Fsp3) is 0.111. The molecule has 0 amide bonds. The van der Waals surface area contributed by atoms with Gasteiger partial charge in [-0.05, 0) is 28.1 Å². The molecule has 0 aliphatic heterocycles. The summed E-state index contributed by atoms with van der Waals surface area (Å²) in [5, 5.41) is 0. The second-order valence-corrected chi connectivity index (χ2v) is 4.39. The van der Waals surface area contributed by atoms with Crippen molar-refractivity contribution in [3.05, 3.63) is 27.7 Å². The Morgan fingerprint density at radius 2 is 2.36 bits per heavy atom. The van der Waals surface area contributed by atoms with Gasteiger partial charge in [0.2, 0.25) is 0 Å². The molecule has 5 heteroatoms. The van der Waals surface area contributed by atoms with E-state index < -0.39 is 0 Å². The van der Waals surface area contributed by atoms with Gasteiger partial charge in [0, 0.05) is 4.47 Å². The van der Waals surface area contributed by atoms with Crippen LogP contribution in [0, 0.1) is 0 Å². The highest BCUT2D eigenvalue weighted by molar-refractivity contribution is 9.10. The number of hydrogen-bond acceptors (Lipinski definition) is 4. The molecule has 0 aliphatic carbocycles. The lowest BCUT2D eigenvalue weighted by atomic mass is 10.2. The SMILES string of the molecule is COC(=O)c1cc(Br)c2ncsc2c1. The number of hydrogen-bond donors (Lipinski definition) is 0. The molecule has 14 heavy (non-hydrogen) atoms. The summed E-state index contributed by atoms with van der Waals surface area (Å²) >= 11 is 4.86. The first-order valence-electron chi connectivity index (χ1n) is 3.83. The van der Waals surface area contributed by atoms with Gasteiger partial charge in [0.25, 0.3) is 0 Å². The Hall–Kier alpha value is -0.940. The van der Waals surface area contributed by atoms with E-state index in [9.17, 15) is 4.79 Å². The largest absolute Gasteiger partial charge is 0.465 e. The average molecular weight is 272 g/mol. The Balaban J connectivity index is 2.64. The number of ether oxygens (including phenoxy) is 1. The van der Waals surface area contributed by atoms with E-state index in [1.165, 1.54) is 18.4 Å². The summed E-state index contributed by atoms with van der Waals surface area (Å²) in [6.07, 6.45) is 0. The predicted octanol–water partition coefficient (Wildman–Crippen LogP) is 2.85. The maximum absolute atomic E-state index is 11.3. The number of aromatic nitrogens is 1. The molecule has 1 aromatic carbocycles. The Labute approximate surface area is 92.8 Å². The first-order valence-corrected chi connectivity index (χ1v) is 5.50. The number of methoxy groups -OCH3 is 1. The van der Waals surface area contributed by atoms with Crippen LogP contribution in [0.4, 0.5) is 0 Å². The van der Waals surface area contributed by atoms with Crippen LogP contribution in [0.5, 0.6) is 0 Å². The van der Waals surface area contributed by atoms with Crippen LogP contribution in [0.15, 0.2) is 22.1 Å². The molecule has 0 aliphatic rings. The predicted molar refractivity (Wildman–Crippen MR) is 58.7 cm³/mol. The summed E-state index contributed by atoms with van der Waals surface area (Å²) in [7, 11) is 1.37. The molecule has 3 nitrogen and oxygen atoms in total. The second kappa shape index (κ2) is 3.67. The molecule has 2 aromatic rings. The molecular formula is C9H6BrNO2S. The molecule has 0 bridgehead atoms. The molecule has 2 rings (SSSR count). The number of halogens is 1. The minimum absolute atomic E-state index is 0.332. The third kappa shape index (κ3) is 1.53. The van der Waals surface area contributed by atoms with E-state index in [4.69, 9.17) is 0 Å². The lowest BCUT2D eigenvalue weighted by Crippen LogP contribution is -2.00. The Bertz CT molecular complexity index is 495. The molecule has 0 N–H and O–H groups in total. The monoisotopic (exact) mass is 271 g/mol. The number of thiazole rings is 1. The number of benzene rings is 1. The Morgan fingerprint density at radius 3 is 3.07 bits per heavy atom. The van der Waals surface area contributed by atoms with Crippen LogP contribution in [0.1, 0.15) is 10.4 Å². The normalized spacial score (nSPS) is 10.4. The Morgan fingerprint density at radius 1 is 1.57 bits per heavy atom. The van der Waals surface area contributed by atoms with Crippen molar-refractivity contribution in [2.75, 3.05) is 7.11 Å². The quantitative estimate of drug-likeness (QED) is 0.749. The molecule has 0 spiro atoms. The smallest absolute Gasteiger partial charge is 0.337 e. The lowest BCUT2D eigenvalue weighted by molar-refractivity contribution is 0.0601. The zero-order valence-electron chi connectivity index (χ0n) is 7.28. The van der Waals surface area contributed by atoms with Gasteiger partial charge in [0.1, 0.15) is 0 Å². The highest BCUT2D eigenvalue weighted by Crippen LogP contribution is 2.27. The number of esters is 1. The van der Waals surface area contributed by atoms with E-state index in [2.05, 4.69) is 25.7 Å². The lowest BCUT2D eigenvalue weighted by Gasteiger charge is -2.00. The van der Waals surface area contributed by atoms with E-state index in [1.807, 2.05) is 0 Å². The van der Waals surface area contributed by atoms with Crippen LogP contribution in [0.3, 0.4) is 0 Å². The van der Waals surface area contributed by atoms with Gasteiger partial charge in [-0.2, -0.15) is 0 Å². The summed E-state index contributed by atoms with van der Waals surface area (Å²) in [6, 6.07) is 3.50. The van der Waals surface area contributed by atoms with Gasteiger partial charge in [-0.1, -0.05) is 0 Å². The van der Waals surface area contributed by atoms with Crippen molar-refractivity contribution < 1.29 is 9.53 Å². The van der Waals surface area contributed by atoms with Gasteiger partial charge < -0.3 is 4.74 Å². The minimum atomic E-state index is -0.332. The summed E-state index contributed by atoms with van der Waals surface area (Å²) in [6.45, 7) is 0. The molecule has 72 valence electrons. The first kappa shape index (κ1) is 9.61. The highest BCUT2D eigenvalue weighted by Gasteiger charge is 2.10. The molecule has 1 heterocycles. The first-order chi connectivity index (χ1) is 6.72. The zero-order chi connectivity index (χ0) is 10.1. The molecule has 0 atom stereocenters. The van der Waals surface area contributed by atoms with E-state index in [-0.39, 0.29) is 5.97 Å². The Kier molecular flexibility index (Phi) is 2.52. The maximum atomic E-state index is 11.3. The third-order valence-electron chi connectivity index (χ3n) is 1.81. The van der Waals surface area contributed by atoms with Crippen LogP contribution in [0.25, 0.3) is 10.2 Å². The summed E-state index contributed by atoms with van der Waals surface area (Å²) in [5.74, 6) is -0.332. The topological polar surface area (TPSA) is 39.2 Å². The molecule has 0 radical (unpaired) electrons. The van der Waals surface area contributed by atoms with Crippen LogP contribution in [-0.2, 0) is 4.74 Å². The fourth-order valence-corrected chi connectivity index (χ4v) is 2.60. The molecular weight excluding hydrogens is 266 g/mol. The number of fused-ring (bicyclic) bond motifs is 1. The van der Waals surface area contributed by atoms with Crippen LogP contribution >= 0.6 is 27.3 Å². The van der Waals surface area contributed by atoms with E-state index in [0.717, 1.165) is 14.7 Å². The molecule has 0 unspecified atom stereocenters. The van der Waals surface area contributed by atoms with Gasteiger partial charge in [-0.25, -0.2) is 9.78 Å². The van der Waals surface area contributed by atoms with Crippen molar-refractivity contribution in [1.82, 2.24) is 4.98 Å². The third-order valence-corrected chi connectivity index (χ3v) is 3.19. The summed E-state index contributed by atoms with van der Waals surface area (Å²) < 4.78 is 6.43. The summed E-state index contributed by atoms with van der Waals surface area (Å²) in [4.78, 5) is 15.4. The van der Waals surface area contributed by atoms with Crippen molar-refractivity contribution in [1.29, 1.82) is 0 Å². The average Bonchev–Trinajstić information content (AvgIpc) is 2.64. The molecule has 0 fully saturated rings. The van der Waals surface area contributed by atoms with E-state index in [1.54, 1.807) is 17.6 Å². The highest BCUT2D eigenvalue weighted by atomic mass is 79.9. The van der Waals surface area contributed by atoms with Gasteiger partial charge in [0.15, 0.2) is 0 Å². The van der Waals surface area contributed by atoms with Crippen LogP contribution in [-0.4, -0.2) is 18.1 Å². The van der Waals surface area contributed by atoms with E-state index >= 15 is 0 Å². The van der Waals surface area contributed by atoms with Crippen LogP contribution < -0.4 is 0 Å². The molecule has 0 saturated carbocycles. The van der Waals surface area contributed by atoms with Crippen molar-refractivity contribution in [2.45, 2.75) is 0 Å². The summed E-state index contributed by atoms with van der Waals surface area (Å²) in [5.41, 5.74) is 3.16. The van der Waals surface area contributed by atoms with Crippen molar-refractivity contribution in [3.8, 4) is 0 Å². The number of carbonyl (C=O) groups is 1. The van der Waals surface area contributed by atoms with Gasteiger partial charge in [-0.3, -0.25) is 0 Å². The molecule has 1 aromatic heterocycles. The van der Waals surface area contributed by atoms with Gasteiger partial charge in [-0.15, -0.1) is 11.3 Å². The number of nitrogens with zero attached hydrogens (tertiary/aromatic N) is 1. The minimum Gasteiger partial charge on any atom is -0.465 e. The standard InChI is InChI=1S/C9H6BrNO2S/c1-13-9(12)5-2-6(10)8-7(3-5)14-4-11-8/h2-4H,1H3. The number of rotatable bonds is 1. The fourth-order valence-electron chi connectivity index (χ4n) is 1.16. The number of carbonyl (C=O) groups excluding carboxylic acids is 1. The molecule has 0 saturated heterocycles. The van der Waals surface area contributed by atoms with Crippen molar-refractivity contribution >= 4 is 43.5 Å². The maximum Gasteiger partial charge on any atom is 0.337 e. The van der Waals surface area contributed by atoms with Gasteiger partial charge >= 0.3 is 5.97 Å². The van der Waals surface area contributed by atoms with E-state index in [0.29, 0.717) is 5.56 Å². The second-order valence-electron chi connectivity index (χ2n) is 2.65. The van der Waals surface area contributed by atoms with Crippen LogP contribution in [0.2, 0.25) is 0 Å². The zero-order valence-corrected chi connectivity index (χ0v) is 9.68. The van der Waals surface area contributed by atoms with Gasteiger partial charge in [0.05, 0.1) is 28.4 Å². The van der Waals surface area contributed by atoms with Crippen molar-refractivity contribution in [3.63, 3.8) is 0 Å². The van der Waals surface area contributed by atoms with Crippen molar-refractivity contribution in [2.24, 2.45) is 0 Å².